The summed E-state index contributed by atoms with van der Waals surface area (Å²) in [5, 5.41) is 21.3. The van der Waals surface area contributed by atoms with Crippen molar-refractivity contribution in [2.75, 3.05) is 26.2 Å². The molecule has 0 bridgehead atoms. The van der Waals surface area contributed by atoms with E-state index in [1.165, 1.54) is 19.4 Å². The minimum Gasteiger partial charge on any atom is -0.394 e. The van der Waals surface area contributed by atoms with Crippen LogP contribution in [0.4, 0.5) is 0 Å². The third-order valence-electron chi connectivity index (χ3n) is 3.35. The van der Waals surface area contributed by atoms with Crippen molar-refractivity contribution in [3.8, 4) is 0 Å². The summed E-state index contributed by atoms with van der Waals surface area (Å²) in [6, 6.07) is 1.12. The van der Waals surface area contributed by atoms with E-state index >= 15 is 0 Å². The molecule has 1 fully saturated rings. The van der Waals surface area contributed by atoms with Gasteiger partial charge in [0.2, 0.25) is 0 Å². The molecule has 1 heterocycles. The van der Waals surface area contributed by atoms with Gasteiger partial charge in [0.15, 0.2) is 0 Å². The van der Waals surface area contributed by atoms with E-state index in [9.17, 15) is 5.11 Å². The van der Waals surface area contributed by atoms with Crippen molar-refractivity contribution in [2.24, 2.45) is 0 Å². The molecule has 0 saturated carbocycles. The van der Waals surface area contributed by atoms with Crippen molar-refractivity contribution in [3.63, 3.8) is 0 Å². The highest BCUT2D eigenvalue weighted by molar-refractivity contribution is 4.77. The number of aliphatic hydroxyl groups is 2. The fourth-order valence-electron chi connectivity index (χ4n) is 2.21. The van der Waals surface area contributed by atoms with Crippen LogP contribution in [0, 0.1) is 0 Å². The maximum absolute atomic E-state index is 9.28. The van der Waals surface area contributed by atoms with Crippen LogP contribution in [0.5, 0.6) is 0 Å². The first kappa shape index (κ1) is 13.9. The molecular formula is C12H26N2O2. The fourth-order valence-corrected chi connectivity index (χ4v) is 2.21. The summed E-state index contributed by atoms with van der Waals surface area (Å²) in [6.45, 7) is 7.14. The Kier molecular flexibility index (Phi) is 6.28. The van der Waals surface area contributed by atoms with Crippen LogP contribution in [-0.4, -0.2) is 59.5 Å². The highest BCUT2D eigenvalue weighted by atomic mass is 16.3. The molecule has 4 nitrogen and oxygen atoms in total. The zero-order chi connectivity index (χ0) is 12.0. The monoisotopic (exact) mass is 230 g/mol. The Morgan fingerprint density at radius 1 is 1.31 bits per heavy atom. The van der Waals surface area contributed by atoms with E-state index in [4.69, 9.17) is 5.11 Å². The summed E-state index contributed by atoms with van der Waals surface area (Å²) in [7, 11) is 0. The molecule has 0 aromatic carbocycles. The predicted octanol–water partition coefficient (Wildman–Crippen LogP) is 0.192. The zero-order valence-corrected chi connectivity index (χ0v) is 10.5. The summed E-state index contributed by atoms with van der Waals surface area (Å²) in [4.78, 5) is 2.50. The van der Waals surface area contributed by atoms with Gasteiger partial charge in [0.25, 0.3) is 0 Å². The van der Waals surface area contributed by atoms with Crippen molar-refractivity contribution in [1.82, 2.24) is 10.2 Å². The van der Waals surface area contributed by atoms with Crippen LogP contribution in [0.2, 0.25) is 0 Å². The van der Waals surface area contributed by atoms with Gasteiger partial charge in [0.05, 0.1) is 12.7 Å². The molecule has 2 unspecified atom stereocenters. The molecule has 0 aromatic rings. The third kappa shape index (κ3) is 4.78. The first-order valence-corrected chi connectivity index (χ1v) is 6.40. The van der Waals surface area contributed by atoms with Crippen LogP contribution in [0.25, 0.3) is 0 Å². The largest absolute Gasteiger partial charge is 0.394 e. The lowest BCUT2D eigenvalue weighted by Crippen LogP contribution is -2.38. The second kappa shape index (κ2) is 7.22. The van der Waals surface area contributed by atoms with Gasteiger partial charge in [-0.2, -0.15) is 0 Å². The van der Waals surface area contributed by atoms with Gasteiger partial charge in [0, 0.05) is 18.6 Å². The van der Waals surface area contributed by atoms with Crippen molar-refractivity contribution in [2.45, 2.75) is 51.3 Å². The Morgan fingerprint density at radius 2 is 2.06 bits per heavy atom. The first-order chi connectivity index (χ1) is 7.63. The number of likely N-dealkylation sites (tertiary alicyclic amines) is 1. The topological polar surface area (TPSA) is 55.7 Å². The number of nitrogens with zero attached hydrogens (tertiary/aromatic N) is 1. The van der Waals surface area contributed by atoms with E-state index in [0.717, 1.165) is 13.0 Å². The predicted molar refractivity (Wildman–Crippen MR) is 65.4 cm³/mol. The Hall–Kier alpha value is -0.160. The molecule has 4 heteroatoms. The SMILES string of the molecule is CC(C)N1CCCC(NCC(O)CO)CC1. The number of hydrogen-bond acceptors (Lipinski definition) is 4. The van der Waals surface area contributed by atoms with Gasteiger partial charge in [0.1, 0.15) is 0 Å². The van der Waals surface area contributed by atoms with E-state index in [1.807, 2.05) is 0 Å². The number of rotatable bonds is 5. The minimum atomic E-state index is -0.621. The highest BCUT2D eigenvalue weighted by Gasteiger charge is 2.18. The minimum absolute atomic E-state index is 0.155. The van der Waals surface area contributed by atoms with Gasteiger partial charge in [-0.25, -0.2) is 0 Å². The Labute approximate surface area is 98.6 Å². The van der Waals surface area contributed by atoms with Gasteiger partial charge >= 0.3 is 0 Å². The maximum atomic E-state index is 9.28. The second-order valence-corrected chi connectivity index (χ2v) is 5.00. The normalized spacial score (nSPS) is 25.7. The summed E-state index contributed by atoms with van der Waals surface area (Å²) in [6.07, 6.45) is 2.90. The molecule has 1 aliphatic rings. The second-order valence-electron chi connectivity index (χ2n) is 5.00. The van der Waals surface area contributed by atoms with Crippen LogP contribution < -0.4 is 5.32 Å². The van der Waals surface area contributed by atoms with E-state index in [1.54, 1.807) is 0 Å². The molecule has 0 spiro atoms. The molecule has 2 atom stereocenters. The molecule has 1 aliphatic heterocycles. The van der Waals surface area contributed by atoms with Gasteiger partial charge in [-0.3, -0.25) is 0 Å². The molecular weight excluding hydrogens is 204 g/mol. The molecule has 0 aromatic heterocycles. The molecule has 16 heavy (non-hydrogen) atoms. The van der Waals surface area contributed by atoms with Crippen molar-refractivity contribution >= 4 is 0 Å². The van der Waals surface area contributed by atoms with E-state index < -0.39 is 6.10 Å². The van der Waals surface area contributed by atoms with E-state index in [-0.39, 0.29) is 6.61 Å². The molecule has 1 rings (SSSR count). The first-order valence-electron chi connectivity index (χ1n) is 6.40. The lowest BCUT2D eigenvalue weighted by Gasteiger charge is -2.24. The Balaban J connectivity index is 2.25. The van der Waals surface area contributed by atoms with Crippen molar-refractivity contribution < 1.29 is 10.2 Å². The quantitative estimate of drug-likeness (QED) is 0.631. The molecule has 0 aliphatic carbocycles. The van der Waals surface area contributed by atoms with Gasteiger partial charge in [-0.05, 0) is 46.2 Å². The average molecular weight is 230 g/mol. The third-order valence-corrected chi connectivity index (χ3v) is 3.35. The van der Waals surface area contributed by atoms with E-state index in [0.29, 0.717) is 18.6 Å². The Morgan fingerprint density at radius 3 is 2.69 bits per heavy atom. The van der Waals surface area contributed by atoms with Crippen LogP contribution in [0.3, 0.4) is 0 Å². The molecule has 1 saturated heterocycles. The van der Waals surface area contributed by atoms with Gasteiger partial charge in [-0.15, -0.1) is 0 Å². The van der Waals surface area contributed by atoms with Crippen LogP contribution >= 0.6 is 0 Å². The zero-order valence-electron chi connectivity index (χ0n) is 10.5. The van der Waals surface area contributed by atoms with Gasteiger partial charge < -0.3 is 20.4 Å². The average Bonchev–Trinajstić information content (AvgIpc) is 2.51. The standard InChI is InChI=1S/C12H26N2O2/c1-10(2)14-6-3-4-11(5-7-14)13-8-12(16)9-15/h10-13,15-16H,3-9H2,1-2H3. The number of hydrogen-bond donors (Lipinski definition) is 3. The van der Waals surface area contributed by atoms with Crippen LogP contribution in [0.15, 0.2) is 0 Å². The highest BCUT2D eigenvalue weighted by Crippen LogP contribution is 2.13. The molecule has 96 valence electrons. The lowest BCUT2D eigenvalue weighted by atomic mass is 10.1. The van der Waals surface area contributed by atoms with Gasteiger partial charge in [-0.1, -0.05) is 0 Å². The lowest BCUT2D eigenvalue weighted by molar-refractivity contribution is 0.0912. The summed E-state index contributed by atoms with van der Waals surface area (Å²) in [5.74, 6) is 0. The van der Waals surface area contributed by atoms with E-state index in [2.05, 4.69) is 24.1 Å². The summed E-state index contributed by atoms with van der Waals surface area (Å²) in [5.41, 5.74) is 0. The smallest absolute Gasteiger partial charge is 0.0895 e. The van der Waals surface area contributed by atoms with Crippen LogP contribution in [0.1, 0.15) is 33.1 Å². The van der Waals surface area contributed by atoms with Crippen molar-refractivity contribution in [1.29, 1.82) is 0 Å². The number of aliphatic hydroxyl groups excluding tert-OH is 2. The Bertz CT molecular complexity index is 188. The molecule has 0 radical (unpaired) electrons. The van der Waals surface area contributed by atoms with Crippen molar-refractivity contribution in [3.05, 3.63) is 0 Å². The fraction of sp³-hybridized carbons (Fsp3) is 1.00. The number of nitrogens with one attached hydrogen (secondary N) is 1. The molecule has 0 amide bonds. The summed E-state index contributed by atoms with van der Waals surface area (Å²) < 4.78 is 0. The summed E-state index contributed by atoms with van der Waals surface area (Å²) >= 11 is 0. The maximum Gasteiger partial charge on any atom is 0.0895 e. The molecule has 3 N–H and O–H groups in total. The van der Waals surface area contributed by atoms with Crippen LogP contribution in [-0.2, 0) is 0 Å².